The summed E-state index contributed by atoms with van der Waals surface area (Å²) in [6, 6.07) is 10.9. The lowest BCUT2D eigenvalue weighted by molar-refractivity contribution is 0.0619. The molecule has 3 N–H and O–H groups in total. The molecule has 1 aliphatic rings. The van der Waals surface area contributed by atoms with Crippen molar-refractivity contribution >= 4 is 29.9 Å². The number of rotatable bonds is 6. The Hall–Kier alpha value is -0.820. The van der Waals surface area contributed by atoms with Crippen LogP contribution in [0.3, 0.4) is 0 Å². The lowest BCUT2D eigenvalue weighted by atomic mass is 9.90. The molecule has 0 spiro atoms. The number of hydrogen-bond donors (Lipinski definition) is 2. The molecule has 1 fully saturated rings. The average molecular weight is 431 g/mol. The van der Waals surface area contributed by atoms with Crippen molar-refractivity contribution in [1.82, 2.24) is 5.32 Å². The topological polar surface area (TPSA) is 59.6 Å². The number of nitrogens with zero attached hydrogens (tertiary/aromatic N) is 1. The van der Waals surface area contributed by atoms with E-state index >= 15 is 0 Å². The molecule has 130 valence electrons. The minimum absolute atomic E-state index is 0. The minimum Gasteiger partial charge on any atom is -0.381 e. The van der Waals surface area contributed by atoms with Crippen molar-refractivity contribution in [3.05, 3.63) is 35.9 Å². The van der Waals surface area contributed by atoms with E-state index in [1.54, 1.807) is 0 Å². The molecule has 0 amide bonds. The first-order valence-corrected chi connectivity index (χ1v) is 8.41. The monoisotopic (exact) mass is 431 g/mol. The number of benzene rings is 1. The van der Waals surface area contributed by atoms with E-state index < -0.39 is 0 Å². The molecule has 1 aromatic carbocycles. The first-order chi connectivity index (χ1) is 10.7. The molecule has 0 aliphatic carbocycles. The van der Waals surface area contributed by atoms with Crippen LogP contribution in [0.15, 0.2) is 35.3 Å². The van der Waals surface area contributed by atoms with Crippen molar-refractivity contribution in [2.45, 2.75) is 51.6 Å². The lowest BCUT2D eigenvalue weighted by Crippen LogP contribution is -2.38. The summed E-state index contributed by atoms with van der Waals surface area (Å²) in [6.45, 7) is 6.01. The standard InChI is InChI=1S/C18H29N3O.HI/c1-3-14(2)20-18(19)21-17(16-7-5-4-6-8-16)13-15-9-11-22-12-10-15;/h4-8,14-15,17H,3,9-13H2,1-2H3,(H3,19,20,21);1H. The summed E-state index contributed by atoms with van der Waals surface area (Å²) in [4.78, 5) is 4.77. The summed E-state index contributed by atoms with van der Waals surface area (Å²) >= 11 is 0. The summed E-state index contributed by atoms with van der Waals surface area (Å²) in [5, 5.41) is 3.27. The maximum Gasteiger partial charge on any atom is 0.189 e. The van der Waals surface area contributed by atoms with E-state index in [4.69, 9.17) is 15.5 Å². The molecule has 5 heteroatoms. The molecular formula is C18H30IN3O. The van der Waals surface area contributed by atoms with Gasteiger partial charge in [-0.2, -0.15) is 0 Å². The highest BCUT2D eigenvalue weighted by Gasteiger charge is 2.20. The zero-order chi connectivity index (χ0) is 15.8. The second-order valence-corrected chi connectivity index (χ2v) is 6.19. The van der Waals surface area contributed by atoms with Gasteiger partial charge in [-0.15, -0.1) is 24.0 Å². The number of nitrogens with two attached hydrogens (primary N) is 1. The summed E-state index contributed by atoms with van der Waals surface area (Å²) in [6.07, 6.45) is 4.32. The maximum atomic E-state index is 6.11. The Kier molecular flexibility index (Phi) is 9.55. The highest BCUT2D eigenvalue weighted by molar-refractivity contribution is 14.0. The van der Waals surface area contributed by atoms with Crippen molar-refractivity contribution in [3.8, 4) is 0 Å². The Morgan fingerprint density at radius 2 is 1.96 bits per heavy atom. The van der Waals surface area contributed by atoms with Crippen molar-refractivity contribution < 1.29 is 4.74 Å². The van der Waals surface area contributed by atoms with Crippen molar-refractivity contribution in [2.75, 3.05) is 13.2 Å². The van der Waals surface area contributed by atoms with Gasteiger partial charge in [-0.05, 0) is 44.1 Å². The third kappa shape index (κ3) is 7.08. The predicted octanol–water partition coefficient (Wildman–Crippen LogP) is 3.87. The van der Waals surface area contributed by atoms with Crippen LogP contribution in [0.4, 0.5) is 0 Å². The fourth-order valence-corrected chi connectivity index (χ4v) is 2.80. The molecule has 2 atom stereocenters. The molecule has 0 bridgehead atoms. The first-order valence-electron chi connectivity index (χ1n) is 8.41. The van der Waals surface area contributed by atoms with Gasteiger partial charge in [0.1, 0.15) is 0 Å². The molecule has 2 unspecified atom stereocenters. The van der Waals surface area contributed by atoms with E-state index in [0.717, 1.165) is 38.9 Å². The quantitative estimate of drug-likeness (QED) is 0.409. The molecule has 2 rings (SSSR count). The smallest absolute Gasteiger partial charge is 0.189 e. The maximum absolute atomic E-state index is 6.11. The van der Waals surface area contributed by atoms with E-state index in [0.29, 0.717) is 17.9 Å². The van der Waals surface area contributed by atoms with Crippen molar-refractivity contribution in [3.63, 3.8) is 0 Å². The van der Waals surface area contributed by atoms with E-state index in [1.165, 1.54) is 5.56 Å². The van der Waals surface area contributed by atoms with Crippen LogP contribution in [0.2, 0.25) is 0 Å². The van der Waals surface area contributed by atoms with E-state index in [1.807, 2.05) is 6.07 Å². The van der Waals surface area contributed by atoms with Crippen LogP contribution < -0.4 is 11.1 Å². The van der Waals surface area contributed by atoms with E-state index in [2.05, 4.69) is 43.4 Å². The molecule has 23 heavy (non-hydrogen) atoms. The number of aliphatic imine (C=N–C) groups is 1. The van der Waals surface area contributed by atoms with Gasteiger partial charge in [-0.25, -0.2) is 4.99 Å². The fraction of sp³-hybridized carbons (Fsp3) is 0.611. The zero-order valence-electron chi connectivity index (χ0n) is 14.2. The normalized spacial score (nSPS) is 18.8. The zero-order valence-corrected chi connectivity index (χ0v) is 16.5. The van der Waals surface area contributed by atoms with Gasteiger partial charge in [0.15, 0.2) is 5.96 Å². The van der Waals surface area contributed by atoms with Gasteiger partial charge in [0.2, 0.25) is 0 Å². The van der Waals surface area contributed by atoms with Crippen LogP contribution in [0.5, 0.6) is 0 Å². The van der Waals surface area contributed by atoms with Crippen LogP contribution in [0.25, 0.3) is 0 Å². The number of guanidine groups is 1. The van der Waals surface area contributed by atoms with E-state index in [9.17, 15) is 0 Å². The predicted molar refractivity (Wildman–Crippen MR) is 107 cm³/mol. The number of hydrogen-bond acceptors (Lipinski definition) is 2. The Balaban J connectivity index is 0.00000264. The Bertz CT molecular complexity index is 461. The molecule has 1 aliphatic heterocycles. The van der Waals surface area contributed by atoms with Gasteiger partial charge in [-0.3, -0.25) is 0 Å². The largest absolute Gasteiger partial charge is 0.381 e. The van der Waals surface area contributed by atoms with Gasteiger partial charge in [0.05, 0.1) is 6.04 Å². The minimum atomic E-state index is 0. The van der Waals surface area contributed by atoms with Crippen LogP contribution >= 0.6 is 24.0 Å². The second kappa shape index (κ2) is 10.9. The summed E-state index contributed by atoms with van der Waals surface area (Å²) < 4.78 is 5.46. The number of nitrogens with one attached hydrogen (secondary N) is 1. The number of halogens is 1. The summed E-state index contributed by atoms with van der Waals surface area (Å²) in [7, 11) is 0. The SMILES string of the molecule is CCC(C)NC(N)=NC(CC1CCOCC1)c1ccccc1.I. The number of ether oxygens (including phenoxy) is 1. The van der Waals surface area contributed by atoms with Crippen LogP contribution in [0, 0.1) is 5.92 Å². The first kappa shape index (κ1) is 20.2. The molecule has 1 saturated heterocycles. The van der Waals surface area contributed by atoms with Crippen LogP contribution in [0.1, 0.15) is 51.1 Å². The molecule has 0 aromatic heterocycles. The van der Waals surface area contributed by atoms with Gasteiger partial charge in [-0.1, -0.05) is 37.3 Å². The third-order valence-electron chi connectivity index (χ3n) is 4.38. The Morgan fingerprint density at radius 3 is 2.57 bits per heavy atom. The second-order valence-electron chi connectivity index (χ2n) is 6.19. The van der Waals surface area contributed by atoms with Crippen LogP contribution in [-0.4, -0.2) is 25.2 Å². The Labute approximate surface area is 157 Å². The molecule has 1 heterocycles. The fourth-order valence-electron chi connectivity index (χ4n) is 2.80. The lowest BCUT2D eigenvalue weighted by Gasteiger charge is -2.25. The van der Waals surface area contributed by atoms with Gasteiger partial charge < -0.3 is 15.8 Å². The highest BCUT2D eigenvalue weighted by atomic mass is 127. The van der Waals surface area contributed by atoms with Gasteiger partial charge in [0, 0.05) is 19.3 Å². The summed E-state index contributed by atoms with van der Waals surface area (Å²) in [5.74, 6) is 1.22. The molecule has 4 nitrogen and oxygen atoms in total. The summed E-state index contributed by atoms with van der Waals surface area (Å²) in [5.41, 5.74) is 7.35. The third-order valence-corrected chi connectivity index (χ3v) is 4.38. The van der Waals surface area contributed by atoms with Crippen molar-refractivity contribution in [1.29, 1.82) is 0 Å². The highest BCUT2D eigenvalue weighted by Crippen LogP contribution is 2.30. The van der Waals surface area contributed by atoms with Gasteiger partial charge in [0.25, 0.3) is 0 Å². The van der Waals surface area contributed by atoms with Crippen molar-refractivity contribution in [2.24, 2.45) is 16.6 Å². The molecular weight excluding hydrogens is 401 g/mol. The average Bonchev–Trinajstić information content (AvgIpc) is 2.56. The molecule has 0 radical (unpaired) electrons. The van der Waals surface area contributed by atoms with E-state index in [-0.39, 0.29) is 30.0 Å². The Morgan fingerprint density at radius 1 is 1.30 bits per heavy atom. The van der Waals surface area contributed by atoms with Gasteiger partial charge >= 0.3 is 0 Å². The van der Waals surface area contributed by atoms with Crippen LogP contribution in [-0.2, 0) is 4.74 Å². The molecule has 1 aromatic rings. The molecule has 0 saturated carbocycles.